The summed E-state index contributed by atoms with van der Waals surface area (Å²) in [7, 11) is 0. The molecule has 0 aliphatic rings. The zero-order valence-corrected chi connectivity index (χ0v) is 10.1. The molecule has 0 atom stereocenters. The monoisotopic (exact) mass is 294 g/mol. The van der Waals surface area contributed by atoms with Gasteiger partial charge in [-0.1, -0.05) is 0 Å². The summed E-state index contributed by atoms with van der Waals surface area (Å²) in [6, 6.07) is 6.56. The standard InChI is InChI=1S/C13H5F3N2O3/c14-13(15,16)21-7-1-2-9-8(4-7)11-10(18-9)3-6(5-17)12(19)20-11/h1-4,18H. The molecule has 0 aliphatic heterocycles. The number of nitrogens with one attached hydrogen (secondary N) is 1. The number of halogens is 3. The van der Waals surface area contributed by atoms with Gasteiger partial charge in [-0.15, -0.1) is 13.2 Å². The van der Waals surface area contributed by atoms with E-state index in [0.717, 1.165) is 12.1 Å². The zero-order valence-electron chi connectivity index (χ0n) is 10.1. The molecule has 0 bridgehead atoms. The summed E-state index contributed by atoms with van der Waals surface area (Å²) in [4.78, 5) is 14.4. The molecule has 2 heterocycles. The highest BCUT2D eigenvalue weighted by Gasteiger charge is 2.31. The van der Waals surface area contributed by atoms with Crippen LogP contribution in [0.4, 0.5) is 13.2 Å². The first kappa shape index (κ1) is 13.1. The lowest BCUT2D eigenvalue weighted by atomic mass is 10.2. The molecule has 0 spiro atoms. The Kier molecular flexibility index (Phi) is 2.66. The van der Waals surface area contributed by atoms with Crippen LogP contribution < -0.4 is 10.4 Å². The molecule has 2 aromatic heterocycles. The molecule has 0 fully saturated rings. The highest BCUT2D eigenvalue weighted by atomic mass is 19.4. The Labute approximate surface area is 114 Å². The van der Waals surface area contributed by atoms with Crippen molar-refractivity contribution in [3.05, 3.63) is 40.2 Å². The number of nitriles is 1. The van der Waals surface area contributed by atoms with Crippen molar-refractivity contribution >= 4 is 22.0 Å². The van der Waals surface area contributed by atoms with Gasteiger partial charge in [0, 0.05) is 10.9 Å². The zero-order chi connectivity index (χ0) is 15.2. The van der Waals surface area contributed by atoms with Crippen molar-refractivity contribution in [1.82, 2.24) is 4.98 Å². The van der Waals surface area contributed by atoms with Crippen LogP contribution in [0, 0.1) is 11.3 Å². The maximum absolute atomic E-state index is 12.2. The smallest absolute Gasteiger partial charge is 0.419 e. The van der Waals surface area contributed by atoms with Crippen molar-refractivity contribution in [2.75, 3.05) is 0 Å². The van der Waals surface area contributed by atoms with Crippen molar-refractivity contribution in [2.45, 2.75) is 6.36 Å². The number of rotatable bonds is 1. The Morgan fingerprint density at radius 1 is 1.24 bits per heavy atom. The van der Waals surface area contributed by atoms with Gasteiger partial charge in [-0.25, -0.2) is 4.79 Å². The molecule has 106 valence electrons. The summed E-state index contributed by atoms with van der Waals surface area (Å²) in [6.45, 7) is 0. The fourth-order valence-corrected chi connectivity index (χ4v) is 2.00. The summed E-state index contributed by atoms with van der Waals surface area (Å²) < 4.78 is 45.4. The van der Waals surface area contributed by atoms with Crippen molar-refractivity contribution in [3.8, 4) is 11.8 Å². The molecule has 0 saturated heterocycles. The van der Waals surface area contributed by atoms with Gasteiger partial charge in [0.15, 0.2) is 5.58 Å². The van der Waals surface area contributed by atoms with Crippen molar-refractivity contribution in [3.63, 3.8) is 0 Å². The summed E-state index contributed by atoms with van der Waals surface area (Å²) in [5.41, 5.74) is -0.182. The molecule has 0 saturated carbocycles. The van der Waals surface area contributed by atoms with E-state index in [4.69, 9.17) is 9.68 Å². The third kappa shape index (κ3) is 2.29. The van der Waals surface area contributed by atoms with Crippen LogP contribution in [-0.2, 0) is 0 Å². The lowest BCUT2D eigenvalue weighted by molar-refractivity contribution is -0.274. The largest absolute Gasteiger partial charge is 0.573 e. The normalized spacial score (nSPS) is 11.7. The molecule has 1 N–H and O–H groups in total. The van der Waals surface area contributed by atoms with Crippen LogP contribution in [0.15, 0.2) is 33.5 Å². The van der Waals surface area contributed by atoms with E-state index >= 15 is 0 Å². The van der Waals surface area contributed by atoms with Crippen LogP contribution in [0.1, 0.15) is 5.56 Å². The lowest BCUT2D eigenvalue weighted by Crippen LogP contribution is -2.16. The van der Waals surface area contributed by atoms with E-state index in [1.165, 1.54) is 12.1 Å². The van der Waals surface area contributed by atoms with E-state index in [1.54, 1.807) is 6.07 Å². The molecule has 1 aromatic carbocycles. The first-order chi connectivity index (χ1) is 9.87. The Balaban J connectivity index is 2.25. The first-order valence-electron chi connectivity index (χ1n) is 5.63. The maximum atomic E-state index is 12.2. The number of alkyl halides is 3. The highest BCUT2D eigenvalue weighted by molar-refractivity contribution is 6.04. The minimum absolute atomic E-state index is 0.0709. The van der Waals surface area contributed by atoms with Crippen molar-refractivity contribution in [1.29, 1.82) is 5.26 Å². The molecule has 0 amide bonds. The van der Waals surface area contributed by atoms with Gasteiger partial charge in [-0.05, 0) is 24.3 Å². The van der Waals surface area contributed by atoms with E-state index in [-0.39, 0.29) is 16.5 Å². The molecule has 0 radical (unpaired) electrons. The van der Waals surface area contributed by atoms with Crippen LogP contribution in [0.5, 0.6) is 5.75 Å². The van der Waals surface area contributed by atoms with Crippen LogP contribution >= 0.6 is 0 Å². The quantitative estimate of drug-likeness (QED) is 0.748. The second-order valence-electron chi connectivity index (χ2n) is 4.18. The van der Waals surface area contributed by atoms with E-state index in [0.29, 0.717) is 11.0 Å². The minimum atomic E-state index is -4.81. The Hall–Kier alpha value is -2.95. The maximum Gasteiger partial charge on any atom is 0.573 e. The summed E-state index contributed by atoms with van der Waals surface area (Å²) in [5, 5.41) is 9.01. The van der Waals surface area contributed by atoms with Gasteiger partial charge < -0.3 is 14.1 Å². The number of aromatic amines is 1. The second kappa shape index (κ2) is 4.28. The number of fused-ring (bicyclic) bond motifs is 3. The topological polar surface area (TPSA) is 79.0 Å². The molecule has 8 heteroatoms. The van der Waals surface area contributed by atoms with Crippen LogP contribution in [0.2, 0.25) is 0 Å². The van der Waals surface area contributed by atoms with E-state index < -0.39 is 17.7 Å². The molecule has 3 rings (SSSR count). The average molecular weight is 294 g/mol. The fraction of sp³-hybridized carbons (Fsp3) is 0.0769. The molecule has 0 aliphatic carbocycles. The van der Waals surface area contributed by atoms with Crippen molar-refractivity contribution in [2.24, 2.45) is 0 Å². The predicted octanol–water partition coefficient (Wildman–Crippen LogP) is 3.04. The van der Waals surface area contributed by atoms with Gasteiger partial charge in [0.25, 0.3) is 0 Å². The summed E-state index contributed by atoms with van der Waals surface area (Å²) in [5.74, 6) is -0.428. The predicted molar refractivity (Wildman–Crippen MR) is 65.7 cm³/mol. The fourth-order valence-electron chi connectivity index (χ4n) is 2.00. The van der Waals surface area contributed by atoms with Crippen LogP contribution in [0.3, 0.4) is 0 Å². The summed E-state index contributed by atoms with van der Waals surface area (Å²) in [6.07, 6.45) is -4.81. The number of hydrogen-bond acceptors (Lipinski definition) is 4. The van der Waals surface area contributed by atoms with E-state index in [1.807, 2.05) is 0 Å². The molecule has 3 aromatic rings. The van der Waals surface area contributed by atoms with Crippen molar-refractivity contribution < 1.29 is 22.3 Å². The molecule has 21 heavy (non-hydrogen) atoms. The average Bonchev–Trinajstić information content (AvgIpc) is 2.73. The van der Waals surface area contributed by atoms with Gasteiger partial charge in [-0.3, -0.25) is 0 Å². The van der Waals surface area contributed by atoms with Crippen LogP contribution in [-0.4, -0.2) is 11.3 Å². The van der Waals surface area contributed by atoms with E-state index in [9.17, 15) is 18.0 Å². The number of H-pyrrole nitrogens is 1. The number of aromatic nitrogens is 1. The Morgan fingerprint density at radius 2 is 2.00 bits per heavy atom. The second-order valence-corrected chi connectivity index (χ2v) is 4.18. The lowest BCUT2D eigenvalue weighted by Gasteiger charge is -2.08. The Morgan fingerprint density at radius 3 is 2.67 bits per heavy atom. The van der Waals surface area contributed by atoms with Gasteiger partial charge >= 0.3 is 12.0 Å². The molecular formula is C13H5F3N2O3. The third-order valence-corrected chi connectivity index (χ3v) is 2.81. The number of benzene rings is 1. The third-order valence-electron chi connectivity index (χ3n) is 2.81. The van der Waals surface area contributed by atoms with Gasteiger partial charge in [0.1, 0.15) is 17.4 Å². The van der Waals surface area contributed by atoms with Gasteiger partial charge in [-0.2, -0.15) is 5.26 Å². The highest BCUT2D eigenvalue weighted by Crippen LogP contribution is 2.30. The molecular weight excluding hydrogens is 289 g/mol. The number of ether oxygens (including phenoxy) is 1. The van der Waals surface area contributed by atoms with Gasteiger partial charge in [0.2, 0.25) is 0 Å². The molecule has 5 nitrogen and oxygen atoms in total. The minimum Gasteiger partial charge on any atom is -0.419 e. The van der Waals surface area contributed by atoms with Gasteiger partial charge in [0.05, 0.1) is 5.52 Å². The SMILES string of the molecule is N#Cc1cc2[nH]c3ccc(OC(F)(F)F)cc3c2oc1=O. The van der Waals surface area contributed by atoms with E-state index in [2.05, 4.69) is 9.72 Å². The first-order valence-corrected chi connectivity index (χ1v) is 5.63. The Bertz CT molecular complexity index is 947. The molecule has 0 unspecified atom stereocenters. The number of hydrogen-bond donors (Lipinski definition) is 1. The summed E-state index contributed by atoms with van der Waals surface area (Å²) >= 11 is 0. The van der Waals surface area contributed by atoms with Crippen LogP contribution in [0.25, 0.3) is 22.0 Å². The number of nitrogens with zero attached hydrogens (tertiary/aromatic N) is 1.